The number of primary amides is 1. The van der Waals surface area contributed by atoms with Gasteiger partial charge in [0.1, 0.15) is 11.7 Å². The zero-order valence-corrected chi connectivity index (χ0v) is 8.66. The fraction of sp³-hybridized carbons (Fsp3) is 0.222. The van der Waals surface area contributed by atoms with Crippen molar-refractivity contribution in [3.05, 3.63) is 24.3 Å². The van der Waals surface area contributed by atoms with E-state index in [-0.39, 0.29) is 5.69 Å². The van der Waals surface area contributed by atoms with Crippen molar-refractivity contribution in [1.82, 2.24) is 15.3 Å². The molecule has 0 radical (unpaired) electrons. The van der Waals surface area contributed by atoms with E-state index in [1.54, 1.807) is 0 Å². The van der Waals surface area contributed by atoms with Gasteiger partial charge < -0.3 is 16.2 Å². The van der Waals surface area contributed by atoms with E-state index in [0.29, 0.717) is 0 Å². The zero-order valence-electron chi connectivity index (χ0n) is 8.66. The number of carbonyl (C=O) groups excluding carboxylic acids is 2. The summed E-state index contributed by atoms with van der Waals surface area (Å²) in [6.45, 7) is 0. The van der Waals surface area contributed by atoms with Crippen molar-refractivity contribution < 1.29 is 19.5 Å². The molecule has 17 heavy (non-hydrogen) atoms. The molecule has 1 heterocycles. The Morgan fingerprint density at radius 2 is 2.12 bits per heavy atom. The number of carbonyl (C=O) groups is 3. The van der Waals surface area contributed by atoms with Crippen molar-refractivity contribution in [3.63, 3.8) is 0 Å². The highest BCUT2D eigenvalue weighted by Crippen LogP contribution is 1.96. The van der Waals surface area contributed by atoms with Crippen molar-refractivity contribution in [3.8, 4) is 0 Å². The van der Waals surface area contributed by atoms with E-state index in [0.717, 1.165) is 0 Å². The SMILES string of the molecule is NC(=O)CC(NC(=O)c1cnccn1)C(=O)O. The summed E-state index contributed by atoms with van der Waals surface area (Å²) in [4.78, 5) is 40.2. The standard InChI is InChI=1S/C9H10N4O4/c10-7(14)3-5(9(16)17)13-8(15)6-4-11-1-2-12-6/h1-2,4-5H,3H2,(H2,10,14)(H,13,15)(H,16,17). The third kappa shape index (κ3) is 3.86. The highest BCUT2D eigenvalue weighted by molar-refractivity contribution is 5.95. The van der Waals surface area contributed by atoms with Gasteiger partial charge in [0.15, 0.2) is 0 Å². The van der Waals surface area contributed by atoms with E-state index < -0.39 is 30.2 Å². The highest BCUT2D eigenvalue weighted by Gasteiger charge is 2.23. The number of hydrogen-bond acceptors (Lipinski definition) is 5. The van der Waals surface area contributed by atoms with E-state index in [2.05, 4.69) is 15.3 Å². The van der Waals surface area contributed by atoms with E-state index in [4.69, 9.17) is 10.8 Å². The Bertz CT molecular complexity index is 434. The van der Waals surface area contributed by atoms with E-state index >= 15 is 0 Å². The van der Waals surface area contributed by atoms with Crippen molar-refractivity contribution in [2.75, 3.05) is 0 Å². The molecule has 90 valence electrons. The second-order valence-electron chi connectivity index (χ2n) is 3.13. The quantitative estimate of drug-likeness (QED) is 0.573. The first-order chi connectivity index (χ1) is 8.00. The van der Waals surface area contributed by atoms with Gasteiger partial charge in [0.2, 0.25) is 5.91 Å². The lowest BCUT2D eigenvalue weighted by atomic mass is 10.2. The minimum atomic E-state index is -1.37. The van der Waals surface area contributed by atoms with E-state index in [1.807, 2.05) is 0 Å². The molecule has 4 N–H and O–H groups in total. The number of rotatable bonds is 5. The second-order valence-corrected chi connectivity index (χ2v) is 3.13. The maximum Gasteiger partial charge on any atom is 0.326 e. The van der Waals surface area contributed by atoms with Crippen LogP contribution in [0.5, 0.6) is 0 Å². The molecule has 0 spiro atoms. The Balaban J connectivity index is 2.71. The number of nitrogens with zero attached hydrogens (tertiary/aromatic N) is 2. The van der Waals surface area contributed by atoms with Crippen LogP contribution in [0.4, 0.5) is 0 Å². The highest BCUT2D eigenvalue weighted by atomic mass is 16.4. The number of hydrogen-bond donors (Lipinski definition) is 3. The molecule has 0 aliphatic carbocycles. The first-order valence-corrected chi connectivity index (χ1v) is 4.58. The average Bonchev–Trinajstić information content (AvgIpc) is 2.28. The van der Waals surface area contributed by atoms with Crippen LogP contribution in [-0.4, -0.2) is 38.9 Å². The molecule has 2 amide bonds. The molecule has 1 unspecified atom stereocenters. The predicted octanol–water partition coefficient (Wildman–Crippen LogP) is -1.46. The molecule has 0 fully saturated rings. The molecule has 1 aromatic heterocycles. The van der Waals surface area contributed by atoms with Crippen LogP contribution in [0.15, 0.2) is 18.6 Å². The first-order valence-electron chi connectivity index (χ1n) is 4.58. The number of nitrogens with one attached hydrogen (secondary N) is 1. The van der Waals surface area contributed by atoms with Gasteiger partial charge in [-0.25, -0.2) is 9.78 Å². The molecule has 1 atom stereocenters. The molecule has 0 bridgehead atoms. The third-order valence-corrected chi connectivity index (χ3v) is 1.80. The number of carboxylic acid groups (broad SMARTS) is 1. The van der Waals surface area contributed by atoms with Gasteiger partial charge in [0, 0.05) is 12.4 Å². The second kappa shape index (κ2) is 5.54. The van der Waals surface area contributed by atoms with Crippen LogP contribution < -0.4 is 11.1 Å². The zero-order chi connectivity index (χ0) is 12.8. The van der Waals surface area contributed by atoms with Gasteiger partial charge in [-0.2, -0.15) is 0 Å². The van der Waals surface area contributed by atoms with Gasteiger partial charge in [-0.3, -0.25) is 14.6 Å². The fourth-order valence-electron chi connectivity index (χ4n) is 1.05. The van der Waals surface area contributed by atoms with E-state index in [1.165, 1.54) is 18.6 Å². The lowest BCUT2D eigenvalue weighted by molar-refractivity contribution is -0.140. The number of nitrogens with two attached hydrogens (primary N) is 1. The van der Waals surface area contributed by atoms with E-state index in [9.17, 15) is 14.4 Å². The van der Waals surface area contributed by atoms with Crippen molar-refractivity contribution in [1.29, 1.82) is 0 Å². The molecule has 1 rings (SSSR count). The Labute approximate surface area is 95.9 Å². The Kier molecular flexibility index (Phi) is 4.09. The Morgan fingerprint density at radius 3 is 2.59 bits per heavy atom. The summed E-state index contributed by atoms with van der Waals surface area (Å²) in [6, 6.07) is -1.37. The summed E-state index contributed by atoms with van der Waals surface area (Å²) in [5.41, 5.74) is 4.83. The summed E-state index contributed by atoms with van der Waals surface area (Å²) in [7, 11) is 0. The van der Waals surface area contributed by atoms with Crippen molar-refractivity contribution in [2.24, 2.45) is 5.73 Å². The number of amides is 2. The van der Waals surface area contributed by atoms with Crippen LogP contribution in [0.2, 0.25) is 0 Å². The van der Waals surface area contributed by atoms with Crippen LogP contribution >= 0.6 is 0 Å². The van der Waals surface area contributed by atoms with Gasteiger partial charge in [0.25, 0.3) is 5.91 Å². The van der Waals surface area contributed by atoms with Gasteiger partial charge in [0.05, 0.1) is 12.6 Å². The van der Waals surface area contributed by atoms with Crippen molar-refractivity contribution in [2.45, 2.75) is 12.5 Å². The molecule has 1 aromatic rings. The summed E-state index contributed by atoms with van der Waals surface area (Å²) in [6.07, 6.45) is 3.35. The summed E-state index contributed by atoms with van der Waals surface area (Å²) in [5, 5.41) is 10.9. The summed E-state index contributed by atoms with van der Waals surface area (Å²) < 4.78 is 0. The van der Waals surface area contributed by atoms with Crippen LogP contribution in [0, 0.1) is 0 Å². The van der Waals surface area contributed by atoms with Crippen LogP contribution in [0.1, 0.15) is 16.9 Å². The maximum absolute atomic E-state index is 11.5. The fourth-order valence-corrected chi connectivity index (χ4v) is 1.05. The predicted molar refractivity (Wildman–Crippen MR) is 54.7 cm³/mol. The minimum Gasteiger partial charge on any atom is -0.480 e. The molecule has 8 nitrogen and oxygen atoms in total. The largest absolute Gasteiger partial charge is 0.480 e. The third-order valence-electron chi connectivity index (χ3n) is 1.80. The number of aromatic nitrogens is 2. The Morgan fingerprint density at radius 1 is 1.41 bits per heavy atom. The molecule has 0 saturated heterocycles. The molecule has 8 heteroatoms. The normalized spacial score (nSPS) is 11.5. The topological polar surface area (TPSA) is 135 Å². The molecule has 0 aromatic carbocycles. The maximum atomic E-state index is 11.5. The minimum absolute atomic E-state index is 0.0387. The molecule has 0 aliphatic heterocycles. The summed E-state index contributed by atoms with van der Waals surface area (Å²) >= 11 is 0. The number of aliphatic carboxylic acids is 1. The lowest BCUT2D eigenvalue weighted by Crippen LogP contribution is -2.43. The van der Waals surface area contributed by atoms with Gasteiger partial charge in [-0.1, -0.05) is 0 Å². The van der Waals surface area contributed by atoms with Crippen molar-refractivity contribution >= 4 is 17.8 Å². The van der Waals surface area contributed by atoms with Crippen LogP contribution in [-0.2, 0) is 9.59 Å². The molecular formula is C9H10N4O4. The lowest BCUT2D eigenvalue weighted by Gasteiger charge is -2.11. The molecule has 0 saturated carbocycles. The molecule has 0 aliphatic rings. The van der Waals surface area contributed by atoms with Gasteiger partial charge in [-0.15, -0.1) is 0 Å². The van der Waals surface area contributed by atoms with Crippen LogP contribution in [0.3, 0.4) is 0 Å². The smallest absolute Gasteiger partial charge is 0.326 e. The average molecular weight is 238 g/mol. The van der Waals surface area contributed by atoms with Crippen LogP contribution in [0.25, 0.3) is 0 Å². The summed E-state index contributed by atoms with van der Waals surface area (Å²) in [5.74, 6) is -2.90. The number of carboxylic acids is 1. The van der Waals surface area contributed by atoms with Gasteiger partial charge >= 0.3 is 5.97 Å². The Hall–Kier alpha value is -2.51. The monoisotopic (exact) mass is 238 g/mol. The first kappa shape index (κ1) is 12.6. The molecular weight excluding hydrogens is 228 g/mol. The van der Waals surface area contributed by atoms with Gasteiger partial charge in [-0.05, 0) is 0 Å².